The number of halogens is 3. The molecule has 54 heavy (non-hydrogen) atoms. The fourth-order valence-corrected chi connectivity index (χ4v) is 6.65. The van der Waals surface area contributed by atoms with E-state index < -0.39 is 51.6 Å². The first-order chi connectivity index (χ1) is 25.5. The zero-order chi connectivity index (χ0) is 40.1. The van der Waals surface area contributed by atoms with Crippen molar-refractivity contribution in [1.82, 2.24) is 9.21 Å². The highest BCUT2D eigenvalue weighted by molar-refractivity contribution is 7.90. The van der Waals surface area contributed by atoms with Crippen LogP contribution in [0.1, 0.15) is 53.0 Å². The van der Waals surface area contributed by atoms with Crippen molar-refractivity contribution in [2.75, 3.05) is 33.3 Å². The lowest BCUT2D eigenvalue weighted by Gasteiger charge is -2.36. The van der Waals surface area contributed by atoms with Gasteiger partial charge in [-0.3, -0.25) is 0 Å². The van der Waals surface area contributed by atoms with E-state index in [0.717, 1.165) is 25.3 Å². The minimum atomic E-state index is -5.22. The van der Waals surface area contributed by atoms with Crippen LogP contribution in [0, 0.1) is 5.92 Å². The Morgan fingerprint density at radius 3 is 1.63 bits per heavy atom. The van der Waals surface area contributed by atoms with E-state index in [1.165, 1.54) is 54.1 Å². The zero-order valence-corrected chi connectivity index (χ0v) is 30.7. The lowest BCUT2D eigenvalue weighted by molar-refractivity contribution is -0.166. The van der Waals surface area contributed by atoms with Gasteiger partial charge < -0.3 is 29.3 Å². The number of ether oxygens (including phenoxy) is 3. The number of carbonyl (C=O) groups excluding carboxylic acids is 2. The average molecular weight is 781 g/mol. The van der Waals surface area contributed by atoms with Crippen LogP contribution in [-0.4, -0.2) is 109 Å². The Morgan fingerprint density at radius 2 is 1.26 bits per heavy atom. The summed E-state index contributed by atoms with van der Waals surface area (Å²) in [5.74, 6) is -4.63. The van der Waals surface area contributed by atoms with Crippen molar-refractivity contribution in [2.45, 2.75) is 56.9 Å². The summed E-state index contributed by atoms with van der Waals surface area (Å²) in [4.78, 5) is 49.2. The smallest absolute Gasteiger partial charge is 0.497 e. The number of alkyl halides is 3. The summed E-state index contributed by atoms with van der Waals surface area (Å²) < 4.78 is 76.4. The number of methoxy groups -OCH3 is 1. The quantitative estimate of drug-likeness (QED) is 0.195. The van der Waals surface area contributed by atoms with Crippen LogP contribution in [0.2, 0.25) is 0 Å². The Kier molecular flexibility index (Phi) is 16.0. The molecule has 4 rings (SSSR count). The fraction of sp³-hybridized carbons (Fsp3) is 0.405. The van der Waals surface area contributed by atoms with E-state index >= 15 is 0 Å². The van der Waals surface area contributed by atoms with Gasteiger partial charge in [-0.05, 0) is 80.6 Å². The predicted octanol–water partition coefficient (Wildman–Crippen LogP) is 5.12. The zero-order valence-electron chi connectivity index (χ0n) is 29.8. The third-order valence-corrected chi connectivity index (χ3v) is 10.3. The molecule has 0 amide bonds. The molecule has 0 radical (unpaired) electrons. The van der Waals surface area contributed by atoms with Gasteiger partial charge in [-0.2, -0.15) is 17.5 Å². The number of sulfonamides is 1. The summed E-state index contributed by atoms with van der Waals surface area (Å²) in [5, 5.41) is 18.5. The van der Waals surface area contributed by atoms with Crippen LogP contribution in [0.3, 0.4) is 0 Å². The fourth-order valence-electron chi connectivity index (χ4n) is 5.66. The topological polar surface area (TPSA) is 177 Å². The van der Waals surface area contributed by atoms with Crippen LogP contribution in [0.15, 0.2) is 84.9 Å². The summed E-state index contributed by atoms with van der Waals surface area (Å²) >= 11 is 0. The Bertz CT molecular complexity index is 1720. The molecule has 17 heteroatoms. The molecule has 1 unspecified atom stereocenters. The van der Waals surface area contributed by atoms with Crippen LogP contribution in [-0.2, 0) is 35.5 Å². The second-order valence-electron chi connectivity index (χ2n) is 12.3. The molecule has 0 spiro atoms. The molecule has 2 N–H and O–H groups in total. The molecule has 1 fully saturated rings. The summed E-state index contributed by atoms with van der Waals surface area (Å²) in [6, 6.07) is 23.0. The number of hydrogen-bond acceptors (Lipinski definition) is 10. The highest BCUT2D eigenvalue weighted by Crippen LogP contribution is 2.31. The van der Waals surface area contributed by atoms with Crippen molar-refractivity contribution < 1.29 is 65.2 Å². The van der Waals surface area contributed by atoms with Crippen molar-refractivity contribution >= 4 is 33.9 Å². The Morgan fingerprint density at radius 1 is 0.815 bits per heavy atom. The number of likely N-dealkylation sites (N-methyl/N-ethyl adjacent to an activating group) is 1. The maximum Gasteiger partial charge on any atom is 0.511 e. The highest BCUT2D eigenvalue weighted by atomic mass is 32.2. The van der Waals surface area contributed by atoms with Crippen molar-refractivity contribution in [3.63, 3.8) is 0 Å². The number of carboxylic acids is 2. The van der Waals surface area contributed by atoms with Gasteiger partial charge in [0.05, 0.1) is 18.2 Å². The van der Waals surface area contributed by atoms with Crippen molar-refractivity contribution in [3.05, 3.63) is 102 Å². The van der Waals surface area contributed by atoms with E-state index in [-0.39, 0.29) is 36.2 Å². The molecule has 13 nitrogen and oxygen atoms in total. The number of carbonyl (C=O) groups is 4. The van der Waals surface area contributed by atoms with Crippen LogP contribution >= 0.6 is 0 Å². The van der Waals surface area contributed by atoms with Gasteiger partial charge in [0.25, 0.3) is 0 Å². The average Bonchev–Trinajstić information content (AvgIpc) is 3.15. The number of esters is 2. The van der Waals surface area contributed by atoms with E-state index in [2.05, 4.69) is 18.7 Å². The largest absolute Gasteiger partial charge is 0.511 e. The van der Waals surface area contributed by atoms with Gasteiger partial charge >= 0.3 is 39.4 Å². The molecule has 1 saturated heterocycles. The van der Waals surface area contributed by atoms with Crippen molar-refractivity contribution in [2.24, 2.45) is 5.92 Å². The molecule has 0 saturated carbocycles. The molecule has 0 aromatic heterocycles. The molecule has 3 atom stereocenters. The van der Waals surface area contributed by atoms with Gasteiger partial charge in [-0.25, -0.2) is 27.6 Å². The molecule has 1 heterocycles. The number of benzene rings is 3. The molecule has 1 aliphatic rings. The predicted molar refractivity (Wildman–Crippen MR) is 189 cm³/mol. The summed E-state index contributed by atoms with van der Waals surface area (Å²) in [6.07, 6.45) is -2.68. The minimum absolute atomic E-state index is 0.0253. The Labute approximate surface area is 311 Å². The molecule has 0 bridgehead atoms. The SMILES string of the molecule is CCN(CC1CCN(S(=O)(=O)C(F)(F)F)CC1)C(C)Cc1ccc(OC)cc1.O=C(O[C@@H](C(=O)O)[C@@H](OC(=O)c1ccccc1)C(=O)O)c1ccccc1. The molecule has 3 aromatic carbocycles. The lowest BCUT2D eigenvalue weighted by atomic mass is 9.96. The van der Waals surface area contributed by atoms with Crippen LogP contribution in [0.4, 0.5) is 13.2 Å². The van der Waals surface area contributed by atoms with E-state index in [0.29, 0.717) is 17.1 Å². The van der Waals surface area contributed by atoms with E-state index in [4.69, 9.17) is 14.2 Å². The Balaban J connectivity index is 0.000000291. The van der Waals surface area contributed by atoms with Gasteiger partial charge in [-0.1, -0.05) is 55.5 Å². The summed E-state index contributed by atoms with van der Waals surface area (Å²) in [6.45, 7) is 5.64. The highest BCUT2D eigenvalue weighted by Gasteiger charge is 2.50. The van der Waals surface area contributed by atoms with Crippen LogP contribution in [0.5, 0.6) is 5.75 Å². The molecule has 294 valence electrons. The normalized spacial score (nSPS) is 15.5. The van der Waals surface area contributed by atoms with E-state index in [9.17, 15) is 51.0 Å². The number of piperidine rings is 1. The van der Waals surface area contributed by atoms with Gasteiger partial charge in [0.15, 0.2) is 0 Å². The molecular formula is C37H43F3N2O11S. The maximum absolute atomic E-state index is 12.7. The van der Waals surface area contributed by atoms with Crippen LogP contribution < -0.4 is 4.74 Å². The monoisotopic (exact) mass is 780 g/mol. The minimum Gasteiger partial charge on any atom is -0.497 e. The molecule has 3 aromatic rings. The first-order valence-corrected chi connectivity index (χ1v) is 18.3. The standard InChI is InChI=1S/C19H29F3N2O3S.C18H14O8/c1-4-23(15(2)13-16-5-7-18(27-3)8-6-16)14-17-9-11-24(12-10-17)28(25,26)19(20,21)22;19-15(20)13(25-17(23)11-7-3-1-4-8-11)14(16(21)22)26-18(24)12-9-5-2-6-10-12/h5-8,15,17H,4,9-14H2,1-3H3;1-10,13-14H,(H,19,20)(H,21,22)/t;13-,14-/m.1/s1. The number of carboxylic acid groups (broad SMARTS) is 2. The van der Waals surface area contributed by atoms with E-state index in [1.54, 1.807) is 19.2 Å². The first kappa shape index (κ1) is 43.4. The molecule has 0 aliphatic carbocycles. The van der Waals surface area contributed by atoms with Gasteiger partial charge in [0, 0.05) is 25.7 Å². The summed E-state index contributed by atoms with van der Waals surface area (Å²) in [5.41, 5.74) is -3.98. The molecular weight excluding hydrogens is 737 g/mol. The third kappa shape index (κ3) is 12.3. The van der Waals surface area contributed by atoms with E-state index in [1.807, 2.05) is 24.3 Å². The Hall–Kier alpha value is -5.00. The summed E-state index contributed by atoms with van der Waals surface area (Å²) in [7, 11) is -3.58. The number of nitrogens with zero attached hydrogens (tertiary/aromatic N) is 2. The molecule has 1 aliphatic heterocycles. The van der Waals surface area contributed by atoms with Crippen LogP contribution in [0.25, 0.3) is 0 Å². The van der Waals surface area contributed by atoms with Crippen molar-refractivity contribution in [3.8, 4) is 5.75 Å². The number of rotatable bonds is 15. The van der Waals surface area contributed by atoms with Gasteiger partial charge in [0.1, 0.15) is 5.75 Å². The first-order valence-electron chi connectivity index (χ1n) is 16.9. The van der Waals surface area contributed by atoms with Gasteiger partial charge in [-0.15, -0.1) is 0 Å². The number of aliphatic carboxylic acids is 2. The third-order valence-electron chi connectivity index (χ3n) is 8.67. The number of hydrogen-bond donors (Lipinski definition) is 2. The second kappa shape index (κ2) is 19.9. The van der Waals surface area contributed by atoms with Gasteiger partial charge in [0.2, 0.25) is 12.2 Å². The maximum atomic E-state index is 12.7. The second-order valence-corrected chi connectivity index (χ2v) is 14.3. The van der Waals surface area contributed by atoms with Crippen molar-refractivity contribution in [1.29, 1.82) is 0 Å². The lowest BCUT2D eigenvalue weighted by Crippen LogP contribution is -2.47.